The van der Waals surface area contributed by atoms with Crippen LogP contribution in [0, 0.1) is 22.9 Å². The largest absolute Gasteiger partial charge is 0.494 e. The number of rotatable bonds is 8. The number of nitro groups is 1. The van der Waals surface area contributed by atoms with E-state index in [4.69, 9.17) is 9.47 Å². The Morgan fingerprint density at radius 2 is 1.94 bits per heavy atom. The number of aromatic nitrogens is 1. The zero-order valence-corrected chi connectivity index (χ0v) is 17.9. The summed E-state index contributed by atoms with van der Waals surface area (Å²) in [6.45, 7) is 3.04. The van der Waals surface area contributed by atoms with Gasteiger partial charge in [0.2, 0.25) is 0 Å². The second-order valence-electron chi connectivity index (χ2n) is 6.43. The number of halogens is 1. The Morgan fingerprint density at radius 1 is 1.22 bits per heavy atom. The number of thiazole rings is 1. The van der Waals surface area contributed by atoms with Gasteiger partial charge < -0.3 is 14.8 Å². The molecule has 3 aromatic rings. The van der Waals surface area contributed by atoms with Crippen molar-refractivity contribution in [3.05, 3.63) is 69.0 Å². The van der Waals surface area contributed by atoms with Crippen LogP contribution in [0.3, 0.4) is 0 Å². The van der Waals surface area contributed by atoms with Crippen LogP contribution in [0.15, 0.2) is 42.5 Å². The number of benzene rings is 2. The number of hydrogen-bond acceptors (Lipinski definition) is 8. The topological polar surface area (TPSA) is 121 Å². The Labute approximate surface area is 186 Å². The average molecular weight is 459 g/mol. The number of carbonyl (C=O) groups excluding carboxylic acids is 2. The highest BCUT2D eigenvalue weighted by molar-refractivity contribution is 7.17. The molecule has 0 saturated carbocycles. The van der Waals surface area contributed by atoms with Gasteiger partial charge in [-0.2, -0.15) is 0 Å². The molecule has 1 amide bonds. The molecule has 1 aromatic heterocycles. The van der Waals surface area contributed by atoms with Gasteiger partial charge in [-0.25, -0.2) is 14.2 Å². The van der Waals surface area contributed by atoms with Crippen LogP contribution in [0.5, 0.6) is 5.75 Å². The molecule has 0 atom stereocenters. The molecule has 0 bridgehead atoms. The van der Waals surface area contributed by atoms with Gasteiger partial charge in [0.05, 0.1) is 23.3 Å². The molecule has 2 aromatic carbocycles. The van der Waals surface area contributed by atoms with Gasteiger partial charge in [0.1, 0.15) is 27.1 Å². The number of anilines is 1. The predicted octanol–water partition coefficient (Wildman–Crippen LogP) is 4.36. The summed E-state index contributed by atoms with van der Waals surface area (Å²) in [5.41, 5.74) is 0.644. The summed E-state index contributed by atoms with van der Waals surface area (Å²) in [6.07, 6.45) is 0. The van der Waals surface area contributed by atoms with Crippen LogP contribution in [0.25, 0.3) is 10.6 Å². The Morgan fingerprint density at radius 3 is 2.59 bits per heavy atom. The first kappa shape index (κ1) is 22.8. The van der Waals surface area contributed by atoms with Gasteiger partial charge in [-0.05, 0) is 50.2 Å². The van der Waals surface area contributed by atoms with Crippen molar-refractivity contribution in [3.8, 4) is 16.3 Å². The van der Waals surface area contributed by atoms with E-state index in [2.05, 4.69) is 10.3 Å². The minimum absolute atomic E-state index is 0.0490. The van der Waals surface area contributed by atoms with Gasteiger partial charge in [0.15, 0.2) is 6.61 Å². The van der Waals surface area contributed by atoms with Crippen LogP contribution in [0.1, 0.15) is 22.3 Å². The molecule has 166 valence electrons. The standard InChI is InChI=1S/C21H18FN3O6S/c1-3-30-15-8-9-16(17(10-15)25(28)29)24-18(26)11-31-21(27)19-12(2)23-20(32-19)13-4-6-14(22)7-5-13/h4-10H,3,11H2,1-2H3,(H,24,26). The van der Waals surface area contributed by atoms with Gasteiger partial charge in [0.25, 0.3) is 11.6 Å². The number of nitrogens with zero attached hydrogens (tertiary/aromatic N) is 2. The van der Waals surface area contributed by atoms with Crippen LogP contribution in [-0.4, -0.2) is 35.0 Å². The Bertz CT molecular complexity index is 1160. The number of nitrogens with one attached hydrogen (secondary N) is 1. The maximum absolute atomic E-state index is 13.1. The second-order valence-corrected chi connectivity index (χ2v) is 7.43. The molecule has 11 heteroatoms. The highest BCUT2D eigenvalue weighted by Crippen LogP contribution is 2.30. The van der Waals surface area contributed by atoms with E-state index in [-0.39, 0.29) is 22.1 Å². The number of carbonyl (C=O) groups is 2. The molecular weight excluding hydrogens is 441 g/mol. The summed E-state index contributed by atoms with van der Waals surface area (Å²) in [4.78, 5) is 39.7. The van der Waals surface area contributed by atoms with E-state index < -0.39 is 23.4 Å². The monoisotopic (exact) mass is 459 g/mol. The number of ether oxygens (including phenoxy) is 2. The van der Waals surface area contributed by atoms with Gasteiger partial charge in [0, 0.05) is 5.56 Å². The number of nitro benzene ring substituents is 1. The first-order valence-electron chi connectivity index (χ1n) is 9.40. The van der Waals surface area contributed by atoms with Crippen molar-refractivity contribution in [1.82, 2.24) is 4.98 Å². The van der Waals surface area contributed by atoms with Crippen molar-refractivity contribution in [2.75, 3.05) is 18.5 Å². The summed E-state index contributed by atoms with van der Waals surface area (Å²) < 4.78 is 23.4. The number of aryl methyl sites for hydroxylation is 1. The Hall–Kier alpha value is -3.86. The first-order valence-corrected chi connectivity index (χ1v) is 10.2. The Kier molecular flexibility index (Phi) is 7.11. The predicted molar refractivity (Wildman–Crippen MR) is 115 cm³/mol. The zero-order valence-electron chi connectivity index (χ0n) is 17.1. The third-order valence-corrected chi connectivity index (χ3v) is 5.35. The van der Waals surface area contributed by atoms with Crippen molar-refractivity contribution >= 4 is 34.6 Å². The zero-order chi connectivity index (χ0) is 23.3. The molecule has 0 unspecified atom stereocenters. The molecule has 1 N–H and O–H groups in total. The summed E-state index contributed by atoms with van der Waals surface area (Å²) >= 11 is 1.05. The quantitative estimate of drug-likeness (QED) is 0.302. The fraction of sp³-hybridized carbons (Fsp3) is 0.190. The van der Waals surface area contributed by atoms with E-state index in [0.29, 0.717) is 28.6 Å². The van der Waals surface area contributed by atoms with Gasteiger partial charge in [-0.3, -0.25) is 14.9 Å². The van der Waals surface area contributed by atoms with E-state index in [0.717, 1.165) is 11.3 Å². The maximum Gasteiger partial charge on any atom is 0.350 e. The van der Waals surface area contributed by atoms with E-state index >= 15 is 0 Å². The van der Waals surface area contributed by atoms with E-state index in [1.807, 2.05) is 0 Å². The molecule has 0 aliphatic heterocycles. The van der Waals surface area contributed by atoms with Crippen molar-refractivity contribution in [2.45, 2.75) is 13.8 Å². The molecule has 0 radical (unpaired) electrons. The molecule has 9 nitrogen and oxygen atoms in total. The summed E-state index contributed by atoms with van der Waals surface area (Å²) in [5.74, 6) is -1.60. The van der Waals surface area contributed by atoms with E-state index in [9.17, 15) is 24.1 Å². The van der Waals surface area contributed by atoms with Gasteiger partial charge >= 0.3 is 5.97 Å². The lowest BCUT2D eigenvalue weighted by Gasteiger charge is -2.08. The number of hydrogen-bond donors (Lipinski definition) is 1. The summed E-state index contributed by atoms with van der Waals surface area (Å²) in [5, 5.41) is 14.1. The highest BCUT2D eigenvalue weighted by Gasteiger charge is 2.21. The molecule has 0 spiro atoms. The minimum Gasteiger partial charge on any atom is -0.494 e. The van der Waals surface area contributed by atoms with Crippen molar-refractivity contribution in [2.24, 2.45) is 0 Å². The lowest BCUT2D eigenvalue weighted by Crippen LogP contribution is -2.21. The number of amides is 1. The molecule has 1 heterocycles. The van der Waals surface area contributed by atoms with Gasteiger partial charge in [-0.15, -0.1) is 11.3 Å². The van der Waals surface area contributed by atoms with Crippen LogP contribution in [0.2, 0.25) is 0 Å². The SMILES string of the molecule is CCOc1ccc(NC(=O)COC(=O)c2sc(-c3ccc(F)cc3)nc2C)c([N+](=O)[O-])c1. The number of esters is 1. The van der Waals surface area contributed by atoms with Crippen LogP contribution >= 0.6 is 11.3 Å². The van der Waals surface area contributed by atoms with Gasteiger partial charge in [-0.1, -0.05) is 0 Å². The highest BCUT2D eigenvalue weighted by atomic mass is 32.1. The normalized spacial score (nSPS) is 10.5. The molecule has 32 heavy (non-hydrogen) atoms. The minimum atomic E-state index is -0.760. The molecule has 0 aliphatic carbocycles. The Balaban J connectivity index is 1.65. The van der Waals surface area contributed by atoms with E-state index in [1.54, 1.807) is 26.0 Å². The van der Waals surface area contributed by atoms with Crippen molar-refractivity contribution < 1.29 is 28.4 Å². The van der Waals surface area contributed by atoms with Crippen molar-refractivity contribution in [1.29, 1.82) is 0 Å². The molecule has 0 aliphatic rings. The van der Waals surface area contributed by atoms with Crippen LogP contribution < -0.4 is 10.1 Å². The summed E-state index contributed by atoms with van der Waals surface area (Å²) in [7, 11) is 0. The lowest BCUT2D eigenvalue weighted by atomic mass is 10.2. The first-order chi connectivity index (χ1) is 15.3. The molecule has 0 saturated heterocycles. The molecule has 0 fully saturated rings. The smallest absolute Gasteiger partial charge is 0.350 e. The molecular formula is C21H18FN3O6S. The lowest BCUT2D eigenvalue weighted by molar-refractivity contribution is -0.384. The van der Waals surface area contributed by atoms with E-state index in [1.165, 1.54) is 30.3 Å². The average Bonchev–Trinajstić information content (AvgIpc) is 3.15. The fourth-order valence-corrected chi connectivity index (χ4v) is 3.67. The maximum atomic E-state index is 13.1. The molecule has 3 rings (SSSR count). The third-order valence-electron chi connectivity index (χ3n) is 4.16. The fourth-order valence-electron chi connectivity index (χ4n) is 2.71. The summed E-state index contributed by atoms with van der Waals surface area (Å²) in [6, 6.07) is 9.67. The van der Waals surface area contributed by atoms with Crippen LogP contribution in [-0.2, 0) is 9.53 Å². The third kappa shape index (κ3) is 5.43. The van der Waals surface area contributed by atoms with Crippen molar-refractivity contribution in [3.63, 3.8) is 0 Å². The second kappa shape index (κ2) is 9.96. The van der Waals surface area contributed by atoms with Crippen LogP contribution in [0.4, 0.5) is 15.8 Å².